The van der Waals surface area contributed by atoms with E-state index in [0.717, 1.165) is 10.8 Å². The number of hydrogen-bond donors (Lipinski definition) is 0. The van der Waals surface area contributed by atoms with Crippen molar-refractivity contribution in [3.63, 3.8) is 0 Å². The molecule has 2 spiro atoms. The first-order valence-corrected chi connectivity index (χ1v) is 3.37. The lowest BCUT2D eigenvalue weighted by Gasteiger charge is -2.24. The fourth-order valence-corrected chi connectivity index (χ4v) is 4.16. The molecular formula is C7H8. The van der Waals surface area contributed by atoms with Gasteiger partial charge in [0, 0.05) is 0 Å². The molecule has 0 aromatic heterocycles. The Morgan fingerprint density at radius 3 is 2.29 bits per heavy atom. The SMILES string of the molecule is CC1C23CC4C2C413. The maximum atomic E-state index is 2.45. The molecule has 0 nitrogen and oxygen atoms in total. The molecule has 0 heteroatoms. The minimum atomic E-state index is 1.05. The van der Waals surface area contributed by atoms with E-state index < -0.39 is 0 Å². The van der Waals surface area contributed by atoms with Gasteiger partial charge < -0.3 is 0 Å². The molecule has 5 atom stereocenters. The van der Waals surface area contributed by atoms with Crippen LogP contribution in [0, 0.1) is 28.6 Å². The highest BCUT2D eigenvalue weighted by Gasteiger charge is 3.18. The quantitative estimate of drug-likeness (QED) is 0.422. The van der Waals surface area contributed by atoms with Crippen molar-refractivity contribution in [3.05, 3.63) is 0 Å². The molecule has 5 aliphatic rings. The van der Waals surface area contributed by atoms with Gasteiger partial charge in [0.15, 0.2) is 0 Å². The Labute approximate surface area is 42.9 Å². The monoisotopic (exact) mass is 92.1 g/mol. The Hall–Kier alpha value is 0. The predicted octanol–water partition coefficient (Wildman–Crippen LogP) is 1.27. The average Bonchev–Trinajstić information content (AvgIpc) is 2.25. The first kappa shape index (κ1) is 2.52. The molecule has 0 radical (unpaired) electrons. The third kappa shape index (κ3) is 0.0544. The molecule has 7 heavy (non-hydrogen) atoms. The molecule has 0 aromatic rings. The molecule has 36 valence electrons. The van der Waals surface area contributed by atoms with Crippen LogP contribution in [0.25, 0.3) is 0 Å². The first-order chi connectivity index (χ1) is 3.37. The Bertz CT molecular complexity index is 178. The molecule has 0 aromatic carbocycles. The maximum absolute atomic E-state index is 2.45. The predicted molar refractivity (Wildman–Crippen MR) is 25.6 cm³/mol. The van der Waals surface area contributed by atoms with Crippen LogP contribution in [0.4, 0.5) is 0 Å². The third-order valence-corrected chi connectivity index (χ3v) is 4.66. The largest absolute Gasteiger partial charge is 0.0614 e. The van der Waals surface area contributed by atoms with Crippen molar-refractivity contribution in [2.45, 2.75) is 13.3 Å². The van der Waals surface area contributed by atoms with E-state index in [9.17, 15) is 0 Å². The van der Waals surface area contributed by atoms with E-state index >= 15 is 0 Å². The lowest BCUT2D eigenvalue weighted by molar-refractivity contribution is 0.232. The normalized spacial score (nSPS) is 105. The first-order valence-electron chi connectivity index (χ1n) is 3.37. The van der Waals surface area contributed by atoms with E-state index in [1.165, 1.54) is 17.8 Å². The van der Waals surface area contributed by atoms with Gasteiger partial charge in [-0.2, -0.15) is 0 Å². The molecule has 5 fully saturated rings. The highest BCUT2D eigenvalue weighted by atomic mass is 15.2. The highest BCUT2D eigenvalue weighted by molar-refractivity contribution is 5.64. The lowest BCUT2D eigenvalue weighted by Crippen LogP contribution is -2.19. The molecule has 0 amide bonds. The van der Waals surface area contributed by atoms with E-state index in [2.05, 4.69) is 6.92 Å². The molecule has 0 N–H and O–H groups in total. The summed E-state index contributed by atoms with van der Waals surface area (Å²) in [4.78, 5) is 0. The molecule has 0 saturated heterocycles. The van der Waals surface area contributed by atoms with Gasteiger partial charge in [0.05, 0.1) is 0 Å². The number of rotatable bonds is 0. The van der Waals surface area contributed by atoms with Gasteiger partial charge in [-0.3, -0.25) is 0 Å². The van der Waals surface area contributed by atoms with Crippen LogP contribution in [0.2, 0.25) is 0 Å². The molecular weight excluding hydrogens is 84.1 g/mol. The van der Waals surface area contributed by atoms with Crippen molar-refractivity contribution in [1.29, 1.82) is 0 Å². The van der Waals surface area contributed by atoms with Gasteiger partial charge in [-0.05, 0) is 35.0 Å². The average molecular weight is 92.1 g/mol. The molecule has 5 unspecified atom stereocenters. The standard InChI is InChI=1S/C7H8/c1-3-6-2-4-5(6)7(3,4)6/h3-5H,2H2,1H3. The summed E-state index contributed by atoms with van der Waals surface area (Å²) in [6, 6.07) is 0. The molecule has 2 bridgehead atoms. The van der Waals surface area contributed by atoms with Crippen LogP contribution < -0.4 is 0 Å². The van der Waals surface area contributed by atoms with Crippen LogP contribution in [0.15, 0.2) is 0 Å². The number of hydrogen-bond acceptors (Lipinski definition) is 0. The van der Waals surface area contributed by atoms with Gasteiger partial charge in [-0.1, -0.05) is 6.92 Å². The third-order valence-electron chi connectivity index (χ3n) is 4.66. The van der Waals surface area contributed by atoms with Crippen molar-refractivity contribution in [3.8, 4) is 0 Å². The minimum absolute atomic E-state index is 1.05. The van der Waals surface area contributed by atoms with Crippen LogP contribution in [-0.2, 0) is 0 Å². The van der Waals surface area contributed by atoms with E-state index in [4.69, 9.17) is 0 Å². The topological polar surface area (TPSA) is 0 Å². The van der Waals surface area contributed by atoms with Crippen molar-refractivity contribution in [2.75, 3.05) is 0 Å². The van der Waals surface area contributed by atoms with Gasteiger partial charge >= 0.3 is 0 Å². The summed E-state index contributed by atoms with van der Waals surface area (Å²) in [5, 5.41) is 0. The van der Waals surface area contributed by atoms with Crippen molar-refractivity contribution in [2.24, 2.45) is 28.6 Å². The molecule has 5 aliphatic carbocycles. The van der Waals surface area contributed by atoms with Gasteiger partial charge in [0.1, 0.15) is 0 Å². The summed E-state index contributed by atoms with van der Waals surface area (Å²) >= 11 is 0. The minimum Gasteiger partial charge on any atom is -0.0614 e. The van der Waals surface area contributed by atoms with Gasteiger partial charge in [0.2, 0.25) is 0 Å². The van der Waals surface area contributed by atoms with Crippen LogP contribution in [0.1, 0.15) is 13.3 Å². The van der Waals surface area contributed by atoms with Crippen LogP contribution in [0.5, 0.6) is 0 Å². The Balaban J connectivity index is 2.17. The molecule has 0 heterocycles. The zero-order valence-electron chi connectivity index (χ0n) is 4.44. The Morgan fingerprint density at radius 2 is 2.29 bits per heavy atom. The van der Waals surface area contributed by atoms with Crippen molar-refractivity contribution in [1.82, 2.24) is 0 Å². The Kier molecular flexibility index (Phi) is 0.112. The van der Waals surface area contributed by atoms with E-state index in [0.29, 0.717) is 0 Å². The summed E-state index contributed by atoms with van der Waals surface area (Å²) in [5.41, 5.74) is 2.13. The molecule has 5 saturated carbocycles. The summed E-state index contributed by atoms with van der Waals surface area (Å²) < 4.78 is 0. The highest BCUT2D eigenvalue weighted by Crippen LogP contribution is 3.22. The summed E-state index contributed by atoms with van der Waals surface area (Å²) in [6.45, 7) is 2.45. The van der Waals surface area contributed by atoms with Gasteiger partial charge in [-0.25, -0.2) is 0 Å². The van der Waals surface area contributed by atoms with E-state index in [1.54, 1.807) is 6.42 Å². The fraction of sp³-hybridized carbons (Fsp3) is 1.00. The maximum Gasteiger partial charge on any atom is -0.0136 e. The van der Waals surface area contributed by atoms with Crippen LogP contribution in [0.3, 0.4) is 0 Å². The zero-order chi connectivity index (χ0) is 4.44. The summed E-state index contributed by atoms with van der Waals surface area (Å²) in [6.07, 6.45) is 1.64. The van der Waals surface area contributed by atoms with Crippen molar-refractivity contribution >= 4 is 0 Å². The summed E-state index contributed by atoms with van der Waals surface area (Å²) in [5.74, 6) is 3.78. The van der Waals surface area contributed by atoms with E-state index in [-0.39, 0.29) is 0 Å². The second-order valence-corrected chi connectivity index (χ2v) is 3.98. The second kappa shape index (κ2) is 0.310. The second-order valence-electron chi connectivity index (χ2n) is 3.98. The zero-order valence-corrected chi connectivity index (χ0v) is 4.44. The van der Waals surface area contributed by atoms with Gasteiger partial charge in [0.25, 0.3) is 0 Å². The fourth-order valence-electron chi connectivity index (χ4n) is 4.16. The lowest BCUT2D eigenvalue weighted by atomic mass is 9.79. The van der Waals surface area contributed by atoms with Crippen molar-refractivity contribution < 1.29 is 0 Å². The van der Waals surface area contributed by atoms with Crippen LogP contribution >= 0.6 is 0 Å². The smallest absolute Gasteiger partial charge is 0.0136 e. The van der Waals surface area contributed by atoms with Crippen LogP contribution in [-0.4, -0.2) is 0 Å². The molecule has 5 rings (SSSR count). The van der Waals surface area contributed by atoms with Gasteiger partial charge in [-0.15, -0.1) is 0 Å². The molecule has 0 aliphatic heterocycles. The Morgan fingerprint density at radius 1 is 1.57 bits per heavy atom. The van der Waals surface area contributed by atoms with E-state index in [1.807, 2.05) is 0 Å². The summed E-state index contributed by atoms with van der Waals surface area (Å²) in [7, 11) is 0.